The Kier molecular flexibility index (Phi) is 1.91. The van der Waals surface area contributed by atoms with Crippen molar-refractivity contribution in [2.75, 3.05) is 0 Å². The van der Waals surface area contributed by atoms with Gasteiger partial charge in [-0.3, -0.25) is 9.59 Å². The summed E-state index contributed by atoms with van der Waals surface area (Å²) in [6, 6.07) is 0. The second kappa shape index (κ2) is 2.70. The number of nitrogens with zero attached hydrogens (tertiary/aromatic N) is 1. The van der Waals surface area contributed by atoms with Crippen molar-refractivity contribution in [2.45, 2.75) is 6.92 Å². The molecule has 0 aliphatic rings. The van der Waals surface area contributed by atoms with E-state index >= 15 is 0 Å². The molecule has 1 heterocycles. The molecule has 0 fully saturated rings. The lowest BCUT2D eigenvalue weighted by atomic mass is 10.3. The molecule has 52 valence electrons. The summed E-state index contributed by atoms with van der Waals surface area (Å²) >= 11 is 1.36. The third kappa shape index (κ3) is 1.11. The third-order valence-electron chi connectivity index (χ3n) is 1.09. The zero-order valence-electron chi connectivity index (χ0n) is 5.33. The Morgan fingerprint density at radius 2 is 2.50 bits per heavy atom. The van der Waals surface area contributed by atoms with E-state index in [4.69, 9.17) is 0 Å². The lowest BCUT2D eigenvalue weighted by Crippen LogP contribution is -2.01. The SMILES string of the molecule is Cc1scnc1C(=O)C=O. The number of aldehydes is 1. The van der Waals surface area contributed by atoms with Crippen molar-refractivity contribution in [3.63, 3.8) is 0 Å². The van der Waals surface area contributed by atoms with E-state index in [1.54, 1.807) is 12.4 Å². The lowest BCUT2D eigenvalue weighted by molar-refractivity contribution is -0.104. The van der Waals surface area contributed by atoms with Gasteiger partial charge in [0.1, 0.15) is 5.69 Å². The summed E-state index contributed by atoms with van der Waals surface area (Å²) in [5, 5.41) is 0. The van der Waals surface area contributed by atoms with Crippen LogP contribution in [0.15, 0.2) is 5.51 Å². The second-order valence-corrected chi connectivity index (χ2v) is 2.80. The molecule has 0 aromatic carbocycles. The van der Waals surface area contributed by atoms with Gasteiger partial charge in [0.2, 0.25) is 5.78 Å². The van der Waals surface area contributed by atoms with Crippen molar-refractivity contribution in [1.29, 1.82) is 0 Å². The summed E-state index contributed by atoms with van der Waals surface area (Å²) in [4.78, 5) is 25.2. The molecule has 0 saturated heterocycles. The summed E-state index contributed by atoms with van der Waals surface area (Å²) in [7, 11) is 0. The number of ketones is 1. The number of hydrogen-bond donors (Lipinski definition) is 0. The first-order valence-electron chi connectivity index (χ1n) is 2.65. The molecule has 0 aliphatic heterocycles. The van der Waals surface area contributed by atoms with E-state index < -0.39 is 5.78 Å². The van der Waals surface area contributed by atoms with Gasteiger partial charge in [-0.15, -0.1) is 11.3 Å². The number of rotatable bonds is 2. The van der Waals surface area contributed by atoms with Crippen LogP contribution in [0.1, 0.15) is 15.4 Å². The van der Waals surface area contributed by atoms with Gasteiger partial charge in [-0.1, -0.05) is 0 Å². The maximum Gasteiger partial charge on any atom is 0.244 e. The number of thiazole rings is 1. The molecular formula is C6H5NO2S. The van der Waals surface area contributed by atoms with Gasteiger partial charge < -0.3 is 0 Å². The van der Waals surface area contributed by atoms with Crippen LogP contribution >= 0.6 is 11.3 Å². The third-order valence-corrected chi connectivity index (χ3v) is 1.84. The molecule has 0 N–H and O–H groups in total. The van der Waals surface area contributed by atoms with Crippen LogP contribution in [0.2, 0.25) is 0 Å². The van der Waals surface area contributed by atoms with Gasteiger partial charge in [0.25, 0.3) is 0 Å². The van der Waals surface area contributed by atoms with Gasteiger partial charge in [-0.25, -0.2) is 4.98 Å². The number of Topliss-reactive ketones (excluding diaryl/α,β-unsaturated/α-hetero) is 1. The Morgan fingerprint density at radius 3 is 2.90 bits per heavy atom. The molecular weight excluding hydrogens is 150 g/mol. The molecule has 1 aromatic heterocycles. The second-order valence-electron chi connectivity index (χ2n) is 1.74. The van der Waals surface area contributed by atoms with Gasteiger partial charge in [0, 0.05) is 4.88 Å². The highest BCUT2D eigenvalue weighted by Crippen LogP contribution is 2.10. The summed E-state index contributed by atoms with van der Waals surface area (Å²) in [5.74, 6) is -0.543. The predicted molar refractivity (Wildman–Crippen MR) is 37.2 cm³/mol. The molecule has 0 bridgehead atoms. The van der Waals surface area contributed by atoms with Gasteiger partial charge in [-0.05, 0) is 6.92 Å². The predicted octanol–water partition coefficient (Wildman–Crippen LogP) is 0.833. The van der Waals surface area contributed by atoms with E-state index in [-0.39, 0.29) is 12.0 Å². The number of aromatic nitrogens is 1. The van der Waals surface area contributed by atoms with E-state index in [0.717, 1.165) is 4.88 Å². The quantitative estimate of drug-likeness (QED) is 0.361. The number of hydrogen-bond acceptors (Lipinski definition) is 4. The highest BCUT2D eigenvalue weighted by molar-refractivity contribution is 7.09. The Balaban J connectivity index is 3.04. The van der Waals surface area contributed by atoms with Crippen molar-refractivity contribution in [1.82, 2.24) is 4.98 Å². The van der Waals surface area contributed by atoms with E-state index in [1.165, 1.54) is 11.3 Å². The summed E-state index contributed by atoms with van der Waals surface area (Å²) < 4.78 is 0. The van der Waals surface area contributed by atoms with Crippen molar-refractivity contribution in [2.24, 2.45) is 0 Å². The minimum Gasteiger partial charge on any atom is -0.294 e. The lowest BCUT2D eigenvalue weighted by Gasteiger charge is -1.84. The molecule has 3 nitrogen and oxygen atoms in total. The molecule has 4 heteroatoms. The van der Waals surface area contributed by atoms with Gasteiger partial charge in [0.15, 0.2) is 6.29 Å². The molecule has 0 saturated carbocycles. The molecule has 10 heavy (non-hydrogen) atoms. The van der Waals surface area contributed by atoms with Gasteiger partial charge in [0.05, 0.1) is 5.51 Å². The minimum absolute atomic E-state index is 0.278. The smallest absolute Gasteiger partial charge is 0.244 e. The van der Waals surface area contributed by atoms with Crippen LogP contribution in [0, 0.1) is 6.92 Å². The Hall–Kier alpha value is -1.03. The summed E-state index contributed by atoms with van der Waals surface area (Å²) in [6.07, 6.45) is 0.280. The highest BCUT2D eigenvalue weighted by Gasteiger charge is 2.09. The molecule has 0 unspecified atom stereocenters. The standard InChI is InChI=1S/C6H5NO2S/c1-4-6(5(9)2-8)7-3-10-4/h2-3H,1H3. The first-order valence-corrected chi connectivity index (χ1v) is 3.53. The number of carbonyl (C=O) groups is 2. The highest BCUT2D eigenvalue weighted by atomic mass is 32.1. The van der Waals surface area contributed by atoms with Crippen LogP contribution in [-0.2, 0) is 4.79 Å². The molecule has 0 radical (unpaired) electrons. The molecule has 0 aliphatic carbocycles. The van der Waals surface area contributed by atoms with Crippen LogP contribution in [0.4, 0.5) is 0 Å². The molecule has 1 rings (SSSR count). The Labute approximate surface area is 61.7 Å². The monoisotopic (exact) mass is 155 g/mol. The fourth-order valence-corrected chi connectivity index (χ4v) is 1.18. The maximum absolute atomic E-state index is 10.7. The first kappa shape index (κ1) is 7.08. The van der Waals surface area contributed by atoms with E-state index in [2.05, 4.69) is 4.98 Å². The summed E-state index contributed by atoms with van der Waals surface area (Å²) in [5.41, 5.74) is 1.83. The molecule has 0 amide bonds. The van der Waals surface area contributed by atoms with Crippen LogP contribution in [0.25, 0.3) is 0 Å². The largest absolute Gasteiger partial charge is 0.294 e. The zero-order chi connectivity index (χ0) is 7.56. The fraction of sp³-hybridized carbons (Fsp3) is 0.167. The van der Waals surface area contributed by atoms with Crippen molar-refractivity contribution >= 4 is 23.4 Å². The number of carbonyl (C=O) groups excluding carboxylic acids is 2. The number of aryl methyl sites for hydroxylation is 1. The molecule has 0 atom stereocenters. The van der Waals surface area contributed by atoms with Crippen molar-refractivity contribution in [3.05, 3.63) is 16.1 Å². The summed E-state index contributed by atoms with van der Waals surface area (Å²) in [6.45, 7) is 1.76. The normalized spacial score (nSPS) is 9.30. The van der Waals surface area contributed by atoms with E-state index in [9.17, 15) is 9.59 Å². The van der Waals surface area contributed by atoms with Crippen LogP contribution in [0.5, 0.6) is 0 Å². The minimum atomic E-state index is -0.543. The topological polar surface area (TPSA) is 47.0 Å². The van der Waals surface area contributed by atoms with Gasteiger partial charge >= 0.3 is 0 Å². The molecule has 0 spiro atoms. The van der Waals surface area contributed by atoms with Crippen molar-refractivity contribution in [3.8, 4) is 0 Å². The van der Waals surface area contributed by atoms with Crippen LogP contribution in [-0.4, -0.2) is 17.1 Å². The van der Waals surface area contributed by atoms with E-state index in [1.807, 2.05) is 0 Å². The first-order chi connectivity index (χ1) is 4.75. The van der Waals surface area contributed by atoms with Crippen LogP contribution < -0.4 is 0 Å². The fourth-order valence-electron chi connectivity index (χ4n) is 0.598. The Bertz CT molecular complexity index is 266. The Morgan fingerprint density at radius 1 is 1.80 bits per heavy atom. The zero-order valence-corrected chi connectivity index (χ0v) is 6.14. The van der Waals surface area contributed by atoms with E-state index in [0.29, 0.717) is 0 Å². The van der Waals surface area contributed by atoms with Crippen LogP contribution in [0.3, 0.4) is 0 Å². The van der Waals surface area contributed by atoms with Crippen molar-refractivity contribution < 1.29 is 9.59 Å². The maximum atomic E-state index is 10.7. The average Bonchev–Trinajstić information content (AvgIpc) is 2.34. The molecule has 1 aromatic rings. The average molecular weight is 155 g/mol. The van der Waals surface area contributed by atoms with Gasteiger partial charge in [-0.2, -0.15) is 0 Å².